The first-order chi connectivity index (χ1) is 18.1. The fourth-order valence-electron chi connectivity index (χ4n) is 8.82. The maximum atomic E-state index is 6.62. The lowest BCUT2D eigenvalue weighted by molar-refractivity contribution is -0.317. The van der Waals surface area contributed by atoms with Crippen LogP contribution in [0.15, 0.2) is 39.2 Å². The first-order valence-electron chi connectivity index (χ1n) is 15.3. The van der Waals surface area contributed by atoms with Crippen LogP contribution in [-0.2, 0) is 9.47 Å². The summed E-state index contributed by atoms with van der Waals surface area (Å²) in [4.78, 5) is 3.88. The van der Waals surface area contributed by atoms with Gasteiger partial charge in [-0.15, -0.1) is 11.8 Å². The fourth-order valence-corrected chi connectivity index (χ4v) is 11.0. The molecule has 0 amide bonds. The van der Waals surface area contributed by atoms with E-state index in [0.717, 1.165) is 57.4 Å². The van der Waals surface area contributed by atoms with E-state index in [2.05, 4.69) is 91.5 Å². The number of allylic oxidation sites excluding steroid dienone is 1. The summed E-state index contributed by atoms with van der Waals surface area (Å²) in [6, 6.07) is 7.02. The molecule has 5 aliphatic rings. The third-order valence-corrected chi connectivity index (χ3v) is 13.7. The van der Waals surface area contributed by atoms with Crippen LogP contribution in [0.3, 0.4) is 0 Å². The molecule has 38 heavy (non-hydrogen) atoms. The lowest BCUT2D eigenvalue weighted by Crippen LogP contribution is -2.58. The standard InChI is InChI=1S/C33H48BrNO2S/c1-6-35(7-2)24-11-13-28(34)29(19-24)38-33-18-17-32(36-21-30(3,4)22-37-32)20-23(33)10-12-25-26-9-8-15-31(26,5)16-14-27(25)33/h11,13-14,19,23,25-26H,6-10,12,15-18,20-22H2,1-5H3/t23-,25-,26-,31-,33+/m0/s1. The Morgan fingerprint density at radius 3 is 2.50 bits per heavy atom. The minimum Gasteiger partial charge on any atom is -0.372 e. The average Bonchev–Trinajstić information content (AvgIpc) is 3.31. The molecule has 210 valence electrons. The van der Waals surface area contributed by atoms with Gasteiger partial charge in [0.25, 0.3) is 0 Å². The van der Waals surface area contributed by atoms with Gasteiger partial charge < -0.3 is 14.4 Å². The highest BCUT2D eigenvalue weighted by atomic mass is 79.9. The SMILES string of the molecule is CCN(CC)c1ccc(Br)c(S[C@]23CCC4(C[C@@H]2CC[C@@H]2C3=CC[C@]3(C)CCC[C@@H]23)OCC(C)(C)CO4)c1. The van der Waals surface area contributed by atoms with Gasteiger partial charge in [-0.2, -0.15) is 0 Å². The second kappa shape index (κ2) is 10.1. The van der Waals surface area contributed by atoms with Crippen LogP contribution in [0.4, 0.5) is 5.69 Å². The van der Waals surface area contributed by atoms with Crippen LogP contribution >= 0.6 is 27.7 Å². The van der Waals surface area contributed by atoms with E-state index >= 15 is 0 Å². The molecule has 1 heterocycles. The van der Waals surface area contributed by atoms with Crippen molar-refractivity contribution in [2.45, 2.75) is 108 Å². The molecule has 3 nitrogen and oxygen atoms in total. The summed E-state index contributed by atoms with van der Waals surface area (Å²) in [5.74, 6) is 1.82. The zero-order chi connectivity index (χ0) is 26.8. The number of hydrogen-bond donors (Lipinski definition) is 0. The summed E-state index contributed by atoms with van der Waals surface area (Å²) in [7, 11) is 0. The molecule has 4 fully saturated rings. The van der Waals surface area contributed by atoms with Gasteiger partial charge in [-0.3, -0.25) is 0 Å². The molecule has 1 saturated heterocycles. The molecule has 3 saturated carbocycles. The first kappa shape index (κ1) is 27.7. The summed E-state index contributed by atoms with van der Waals surface area (Å²) in [6.45, 7) is 15.3. The van der Waals surface area contributed by atoms with E-state index in [1.54, 1.807) is 5.57 Å². The lowest BCUT2D eigenvalue weighted by atomic mass is 9.54. The van der Waals surface area contributed by atoms with Crippen molar-refractivity contribution in [3.05, 3.63) is 34.3 Å². The number of hydrogen-bond acceptors (Lipinski definition) is 4. The number of halogens is 1. The Hall–Kier alpha value is -0.490. The van der Waals surface area contributed by atoms with Gasteiger partial charge in [0, 0.05) is 51.1 Å². The molecule has 1 aliphatic heterocycles. The molecule has 0 bridgehead atoms. The Bertz CT molecular complexity index is 1070. The van der Waals surface area contributed by atoms with Crippen LogP contribution in [0.1, 0.15) is 92.4 Å². The molecule has 6 rings (SSSR count). The van der Waals surface area contributed by atoms with Crippen LogP contribution in [-0.4, -0.2) is 36.8 Å². The topological polar surface area (TPSA) is 21.7 Å². The molecule has 1 spiro atoms. The van der Waals surface area contributed by atoms with E-state index in [9.17, 15) is 0 Å². The maximum absolute atomic E-state index is 6.62. The van der Waals surface area contributed by atoms with Gasteiger partial charge in [0.15, 0.2) is 5.79 Å². The van der Waals surface area contributed by atoms with Gasteiger partial charge in [0.05, 0.1) is 13.2 Å². The number of thioether (sulfide) groups is 1. The third-order valence-electron chi connectivity index (χ3n) is 11.0. The second-order valence-electron chi connectivity index (χ2n) is 14.0. The average molecular weight is 603 g/mol. The van der Waals surface area contributed by atoms with Crippen molar-refractivity contribution >= 4 is 33.4 Å². The Kier molecular flexibility index (Phi) is 7.35. The monoisotopic (exact) mass is 601 g/mol. The largest absolute Gasteiger partial charge is 0.372 e. The van der Waals surface area contributed by atoms with Crippen LogP contribution in [0.2, 0.25) is 0 Å². The molecule has 1 aromatic rings. The van der Waals surface area contributed by atoms with E-state index in [1.165, 1.54) is 53.6 Å². The summed E-state index contributed by atoms with van der Waals surface area (Å²) >= 11 is 6.17. The molecule has 5 atom stereocenters. The molecule has 0 aromatic heterocycles. The molecule has 5 heteroatoms. The number of benzene rings is 1. The van der Waals surface area contributed by atoms with Crippen LogP contribution < -0.4 is 4.90 Å². The molecular weight excluding hydrogens is 554 g/mol. The van der Waals surface area contributed by atoms with Crippen molar-refractivity contribution in [1.82, 2.24) is 0 Å². The number of nitrogens with zero attached hydrogens (tertiary/aromatic N) is 1. The van der Waals surface area contributed by atoms with E-state index in [-0.39, 0.29) is 15.9 Å². The van der Waals surface area contributed by atoms with Gasteiger partial charge in [-0.25, -0.2) is 0 Å². The molecular formula is C33H48BrNO2S. The van der Waals surface area contributed by atoms with Gasteiger partial charge >= 0.3 is 0 Å². The predicted octanol–water partition coefficient (Wildman–Crippen LogP) is 9.24. The Balaban J connectivity index is 1.38. The number of anilines is 1. The summed E-state index contributed by atoms with van der Waals surface area (Å²) in [5.41, 5.74) is 3.78. The van der Waals surface area contributed by atoms with Crippen LogP contribution in [0.5, 0.6) is 0 Å². The Labute approximate surface area is 244 Å². The molecule has 0 N–H and O–H groups in total. The van der Waals surface area contributed by atoms with Gasteiger partial charge in [-0.05, 0) is 110 Å². The lowest BCUT2D eigenvalue weighted by Gasteiger charge is -2.60. The number of rotatable bonds is 5. The molecule has 4 aliphatic carbocycles. The first-order valence-corrected chi connectivity index (χ1v) is 17.0. The molecule has 1 aromatic carbocycles. The second-order valence-corrected chi connectivity index (χ2v) is 16.3. The van der Waals surface area contributed by atoms with Gasteiger partial charge in [0.2, 0.25) is 0 Å². The number of ether oxygens (including phenoxy) is 2. The van der Waals surface area contributed by atoms with Crippen molar-refractivity contribution in [3.63, 3.8) is 0 Å². The number of fused-ring (bicyclic) bond motifs is 5. The van der Waals surface area contributed by atoms with Crippen molar-refractivity contribution in [1.29, 1.82) is 0 Å². The molecule has 0 unspecified atom stereocenters. The van der Waals surface area contributed by atoms with E-state index in [0.29, 0.717) is 11.3 Å². The van der Waals surface area contributed by atoms with Gasteiger partial charge in [-0.1, -0.05) is 38.8 Å². The maximum Gasteiger partial charge on any atom is 0.168 e. The van der Waals surface area contributed by atoms with E-state index < -0.39 is 0 Å². The van der Waals surface area contributed by atoms with E-state index in [1.807, 2.05) is 0 Å². The smallest absolute Gasteiger partial charge is 0.168 e. The highest BCUT2D eigenvalue weighted by Gasteiger charge is 2.60. The van der Waals surface area contributed by atoms with Crippen LogP contribution in [0.25, 0.3) is 0 Å². The minimum atomic E-state index is -0.380. The minimum absolute atomic E-state index is 0.112. The van der Waals surface area contributed by atoms with Crippen molar-refractivity contribution in [2.24, 2.45) is 28.6 Å². The van der Waals surface area contributed by atoms with Crippen molar-refractivity contribution < 1.29 is 9.47 Å². The summed E-state index contributed by atoms with van der Waals surface area (Å²) < 4.78 is 14.6. The molecule has 0 radical (unpaired) electrons. The van der Waals surface area contributed by atoms with Crippen LogP contribution in [0, 0.1) is 28.6 Å². The zero-order valence-corrected chi connectivity index (χ0v) is 26.7. The highest BCUT2D eigenvalue weighted by molar-refractivity contribution is 9.10. The Morgan fingerprint density at radius 2 is 1.76 bits per heavy atom. The summed E-state index contributed by atoms with van der Waals surface area (Å²) in [6.07, 6.45) is 14.1. The van der Waals surface area contributed by atoms with E-state index in [4.69, 9.17) is 9.47 Å². The van der Waals surface area contributed by atoms with Gasteiger partial charge in [0.1, 0.15) is 0 Å². The van der Waals surface area contributed by atoms with Crippen molar-refractivity contribution in [2.75, 3.05) is 31.2 Å². The Morgan fingerprint density at radius 1 is 1.00 bits per heavy atom. The predicted molar refractivity (Wildman–Crippen MR) is 163 cm³/mol. The summed E-state index contributed by atoms with van der Waals surface area (Å²) in [5, 5.41) is 0. The quantitative estimate of drug-likeness (QED) is 0.313. The fraction of sp³-hybridized carbons (Fsp3) is 0.758. The van der Waals surface area contributed by atoms with Crippen molar-refractivity contribution in [3.8, 4) is 0 Å². The normalized spacial score (nSPS) is 37.2. The zero-order valence-electron chi connectivity index (χ0n) is 24.3. The third kappa shape index (κ3) is 4.64. The highest BCUT2D eigenvalue weighted by Crippen LogP contribution is 2.67.